The number of hydrogen-bond donors (Lipinski definition) is 2. The van der Waals surface area contributed by atoms with Gasteiger partial charge in [-0.15, -0.1) is 0 Å². The van der Waals surface area contributed by atoms with E-state index in [1.165, 1.54) is 31.4 Å². The van der Waals surface area contributed by atoms with E-state index in [1.807, 2.05) is 6.92 Å². The lowest BCUT2D eigenvalue weighted by atomic mass is 10.1. The maximum Gasteiger partial charge on any atom is 0.264 e. The van der Waals surface area contributed by atoms with Crippen molar-refractivity contribution in [2.75, 3.05) is 31.1 Å². The number of nitrogens with zero attached hydrogens (tertiary/aromatic N) is 1. The number of pyridine rings is 1. The molecular formula is C22H24ClN3O5S. The van der Waals surface area contributed by atoms with E-state index < -0.39 is 21.4 Å². The highest BCUT2D eigenvalue weighted by Gasteiger charge is 2.23. The first-order chi connectivity index (χ1) is 15.3. The molecule has 1 amide bonds. The zero-order valence-electron chi connectivity index (χ0n) is 17.7. The Labute approximate surface area is 191 Å². The summed E-state index contributed by atoms with van der Waals surface area (Å²) < 4.78 is 32.5. The second kappa shape index (κ2) is 10.2. The van der Waals surface area contributed by atoms with Crippen LogP contribution in [0.5, 0.6) is 0 Å². The number of nitrogens with one attached hydrogen (secondary N) is 2. The molecule has 2 N–H and O–H groups in total. The normalized spacial score (nSPS) is 11.5. The molecule has 3 rings (SSSR count). The maximum atomic E-state index is 13.1. The molecule has 170 valence electrons. The molecule has 0 fully saturated rings. The molecule has 0 unspecified atom stereocenters. The number of benzene rings is 2. The Morgan fingerprint density at radius 3 is 2.59 bits per heavy atom. The first-order valence-corrected chi connectivity index (χ1v) is 11.8. The number of carbonyl (C=O) groups excluding carboxylic acids is 1. The molecule has 3 aromatic rings. The minimum absolute atomic E-state index is 0.0674. The van der Waals surface area contributed by atoms with Gasteiger partial charge >= 0.3 is 0 Å². The van der Waals surface area contributed by atoms with Crippen LogP contribution in [0.3, 0.4) is 0 Å². The third-order valence-electron chi connectivity index (χ3n) is 4.90. The van der Waals surface area contributed by atoms with Gasteiger partial charge in [-0.2, -0.15) is 0 Å². The number of aromatic amines is 1. The van der Waals surface area contributed by atoms with Gasteiger partial charge in [-0.25, -0.2) is 8.42 Å². The van der Waals surface area contributed by atoms with Crippen LogP contribution in [0, 0.1) is 0 Å². The molecule has 0 bridgehead atoms. The fourth-order valence-electron chi connectivity index (χ4n) is 3.09. The second-order valence-corrected chi connectivity index (χ2v) is 9.40. The van der Waals surface area contributed by atoms with Gasteiger partial charge in [-0.3, -0.25) is 13.9 Å². The Morgan fingerprint density at radius 1 is 1.19 bits per heavy atom. The van der Waals surface area contributed by atoms with E-state index in [-0.39, 0.29) is 15.8 Å². The molecule has 0 aliphatic heterocycles. The Bertz CT molecular complexity index is 1270. The van der Waals surface area contributed by atoms with Crippen LogP contribution in [-0.2, 0) is 14.8 Å². The van der Waals surface area contributed by atoms with Crippen molar-refractivity contribution in [1.82, 2.24) is 10.3 Å². The van der Waals surface area contributed by atoms with E-state index >= 15 is 0 Å². The van der Waals surface area contributed by atoms with E-state index in [1.54, 1.807) is 24.3 Å². The van der Waals surface area contributed by atoms with Gasteiger partial charge < -0.3 is 15.0 Å². The Morgan fingerprint density at radius 2 is 1.91 bits per heavy atom. The largest absolute Gasteiger partial charge is 0.382 e. The molecule has 8 nitrogen and oxygen atoms in total. The van der Waals surface area contributed by atoms with Gasteiger partial charge in [0.05, 0.1) is 10.6 Å². The quantitative estimate of drug-likeness (QED) is 0.460. The van der Waals surface area contributed by atoms with E-state index in [2.05, 4.69) is 10.3 Å². The number of ether oxygens (including phenoxy) is 1. The van der Waals surface area contributed by atoms with Crippen molar-refractivity contribution in [2.24, 2.45) is 0 Å². The smallest absolute Gasteiger partial charge is 0.264 e. The molecule has 1 aromatic heterocycles. The number of aromatic nitrogens is 1. The average Bonchev–Trinajstić information content (AvgIpc) is 2.79. The van der Waals surface area contributed by atoms with Crippen LogP contribution in [0.25, 0.3) is 10.9 Å². The van der Waals surface area contributed by atoms with Gasteiger partial charge in [0.25, 0.3) is 15.9 Å². The van der Waals surface area contributed by atoms with Gasteiger partial charge in [0.15, 0.2) is 0 Å². The summed E-state index contributed by atoms with van der Waals surface area (Å²) in [6.07, 6.45) is 1.95. The first kappa shape index (κ1) is 23.8. The van der Waals surface area contributed by atoms with Crippen LogP contribution in [0.1, 0.15) is 23.7 Å². The molecule has 0 spiro atoms. The van der Waals surface area contributed by atoms with Crippen molar-refractivity contribution in [1.29, 1.82) is 0 Å². The number of fused-ring (bicyclic) bond motifs is 1. The van der Waals surface area contributed by atoms with Crippen molar-refractivity contribution in [2.45, 2.75) is 18.2 Å². The SMILES string of the molecule is CCOCCCNC(=O)c1c[nH]c2ccc(S(=O)(=O)N(C)c3ccc(Cl)cc3)cc2c1=O. The predicted octanol–water partition coefficient (Wildman–Crippen LogP) is 3.16. The van der Waals surface area contributed by atoms with Gasteiger partial charge in [-0.1, -0.05) is 11.6 Å². The minimum atomic E-state index is -3.95. The number of rotatable bonds is 9. The summed E-state index contributed by atoms with van der Waals surface area (Å²) in [4.78, 5) is 28.2. The molecule has 2 aromatic carbocycles. The molecule has 1 heterocycles. The molecule has 10 heteroatoms. The van der Waals surface area contributed by atoms with Crippen LogP contribution in [0.15, 0.2) is 58.4 Å². The zero-order valence-corrected chi connectivity index (χ0v) is 19.3. The number of hydrogen-bond acceptors (Lipinski definition) is 5. The molecule has 0 aliphatic carbocycles. The monoisotopic (exact) mass is 477 g/mol. The molecule has 0 saturated carbocycles. The lowest BCUT2D eigenvalue weighted by molar-refractivity contribution is 0.0943. The summed E-state index contributed by atoms with van der Waals surface area (Å²) in [7, 11) is -2.53. The number of amides is 1. The summed E-state index contributed by atoms with van der Waals surface area (Å²) >= 11 is 5.88. The van der Waals surface area contributed by atoms with Gasteiger partial charge in [0, 0.05) is 48.9 Å². The molecular weight excluding hydrogens is 454 g/mol. The Balaban J connectivity index is 1.90. The first-order valence-electron chi connectivity index (χ1n) is 10.0. The van der Waals surface area contributed by atoms with Crippen LogP contribution in [0.2, 0.25) is 5.02 Å². The molecule has 0 radical (unpaired) electrons. The summed E-state index contributed by atoms with van der Waals surface area (Å²) in [5, 5.41) is 3.27. The fourth-order valence-corrected chi connectivity index (χ4v) is 4.44. The number of H-pyrrole nitrogens is 1. The highest BCUT2D eigenvalue weighted by molar-refractivity contribution is 7.92. The molecule has 32 heavy (non-hydrogen) atoms. The molecule has 0 atom stereocenters. The summed E-state index contributed by atoms with van der Waals surface area (Å²) in [5.74, 6) is -0.531. The molecule has 0 saturated heterocycles. The maximum absolute atomic E-state index is 13.1. The average molecular weight is 478 g/mol. The Kier molecular flexibility index (Phi) is 7.55. The predicted molar refractivity (Wildman–Crippen MR) is 125 cm³/mol. The van der Waals surface area contributed by atoms with Crippen LogP contribution in [0.4, 0.5) is 5.69 Å². The number of halogens is 1. The van der Waals surface area contributed by atoms with E-state index in [0.29, 0.717) is 42.4 Å². The van der Waals surface area contributed by atoms with Crippen molar-refractivity contribution >= 4 is 44.1 Å². The number of anilines is 1. The lowest BCUT2D eigenvalue weighted by Gasteiger charge is -2.19. The van der Waals surface area contributed by atoms with Crippen molar-refractivity contribution in [3.8, 4) is 0 Å². The topological polar surface area (TPSA) is 109 Å². The molecule has 0 aliphatic rings. The third kappa shape index (κ3) is 5.12. The summed E-state index contributed by atoms with van der Waals surface area (Å²) in [6.45, 7) is 3.34. The lowest BCUT2D eigenvalue weighted by Crippen LogP contribution is -2.30. The Hall–Kier alpha value is -2.88. The second-order valence-electron chi connectivity index (χ2n) is 6.99. The fraction of sp³-hybridized carbons (Fsp3) is 0.273. The minimum Gasteiger partial charge on any atom is -0.382 e. The van der Waals surface area contributed by atoms with Crippen LogP contribution in [-0.4, -0.2) is 46.1 Å². The summed E-state index contributed by atoms with van der Waals surface area (Å²) in [5.41, 5.74) is 0.210. The number of carbonyl (C=O) groups is 1. The van der Waals surface area contributed by atoms with Crippen molar-refractivity contribution in [3.05, 3.63) is 69.5 Å². The van der Waals surface area contributed by atoms with Crippen molar-refractivity contribution < 1.29 is 17.9 Å². The highest BCUT2D eigenvalue weighted by atomic mass is 35.5. The van der Waals surface area contributed by atoms with E-state index in [0.717, 1.165) is 4.31 Å². The van der Waals surface area contributed by atoms with Crippen molar-refractivity contribution in [3.63, 3.8) is 0 Å². The van der Waals surface area contributed by atoms with Crippen LogP contribution < -0.4 is 15.1 Å². The highest BCUT2D eigenvalue weighted by Crippen LogP contribution is 2.25. The summed E-state index contributed by atoms with van der Waals surface area (Å²) in [6, 6.07) is 10.5. The van der Waals surface area contributed by atoms with E-state index in [4.69, 9.17) is 16.3 Å². The number of sulfonamides is 1. The van der Waals surface area contributed by atoms with Gasteiger partial charge in [0.1, 0.15) is 5.56 Å². The standard InChI is InChI=1S/C22H24ClN3O5S/c1-3-31-12-4-11-24-22(28)19-14-25-20-10-9-17(13-18(20)21(19)27)32(29,30)26(2)16-7-5-15(23)6-8-16/h5-10,13-14H,3-4,11-12H2,1-2H3,(H,24,28)(H,25,27). The zero-order chi connectivity index (χ0) is 23.3. The van der Waals surface area contributed by atoms with Gasteiger partial charge in [-0.05, 0) is 55.8 Å². The van der Waals surface area contributed by atoms with E-state index in [9.17, 15) is 18.0 Å². The van der Waals surface area contributed by atoms with Gasteiger partial charge in [0.2, 0.25) is 5.43 Å². The third-order valence-corrected chi connectivity index (χ3v) is 6.93. The van der Waals surface area contributed by atoms with Crippen LogP contribution >= 0.6 is 11.6 Å².